The third kappa shape index (κ3) is 3.17. The van der Waals surface area contributed by atoms with Gasteiger partial charge in [0.2, 0.25) is 0 Å². The summed E-state index contributed by atoms with van der Waals surface area (Å²) in [5, 5.41) is 11.1. The van der Waals surface area contributed by atoms with Gasteiger partial charge in [0.15, 0.2) is 0 Å². The minimum atomic E-state index is -0.300. The number of aryl methyl sites for hydroxylation is 1. The van der Waals surface area contributed by atoms with E-state index in [-0.39, 0.29) is 17.6 Å². The Balaban J connectivity index is 1.64. The first-order valence-corrected chi connectivity index (χ1v) is 8.62. The van der Waals surface area contributed by atoms with Crippen LogP contribution in [-0.4, -0.2) is 29.1 Å². The normalized spacial score (nSPS) is 16.9. The summed E-state index contributed by atoms with van der Waals surface area (Å²) < 4.78 is 18.4. The number of amides is 1. The maximum Gasteiger partial charge on any atom is 0.259 e. The van der Waals surface area contributed by atoms with Crippen LogP contribution in [0.4, 0.5) is 4.39 Å². The highest BCUT2D eigenvalue weighted by Gasteiger charge is 2.27. The van der Waals surface area contributed by atoms with E-state index < -0.39 is 0 Å². The highest BCUT2D eigenvalue weighted by Crippen LogP contribution is 2.31. The largest absolute Gasteiger partial charge is 0.348 e. The van der Waals surface area contributed by atoms with Gasteiger partial charge in [-0.05, 0) is 43.7 Å². The van der Waals surface area contributed by atoms with E-state index in [2.05, 4.69) is 20.8 Å². The minimum absolute atomic E-state index is 0.212. The van der Waals surface area contributed by atoms with Gasteiger partial charge in [-0.1, -0.05) is 17.3 Å². The van der Waals surface area contributed by atoms with Crippen LogP contribution in [0.5, 0.6) is 0 Å². The molecule has 1 aliphatic heterocycles. The Labute approximate surface area is 149 Å². The van der Waals surface area contributed by atoms with Crippen molar-refractivity contribution >= 4 is 17.0 Å². The molecular weight excluding hydrogens is 335 g/mol. The molecule has 134 valence electrons. The first kappa shape index (κ1) is 16.7. The lowest BCUT2D eigenvalue weighted by Gasteiger charge is -2.09. The molecule has 1 aliphatic rings. The maximum atomic E-state index is 13.0. The smallest absolute Gasteiger partial charge is 0.259 e. The van der Waals surface area contributed by atoms with Crippen molar-refractivity contribution in [3.05, 3.63) is 58.7 Å². The topological polar surface area (TPSA) is 80.0 Å². The SMILES string of the molecule is Cc1cc(C(=O)NCc2ccc(F)cc2)c2c(C3CCNC3)noc2n1. The molecule has 1 amide bonds. The maximum absolute atomic E-state index is 13.0. The molecule has 3 heterocycles. The zero-order valence-corrected chi connectivity index (χ0v) is 14.4. The summed E-state index contributed by atoms with van der Waals surface area (Å²) in [4.78, 5) is 17.2. The van der Waals surface area contributed by atoms with Crippen LogP contribution in [0.1, 0.15) is 39.6 Å². The predicted octanol–water partition coefficient (Wildman–Crippen LogP) is 2.68. The first-order valence-electron chi connectivity index (χ1n) is 8.62. The molecule has 2 N–H and O–H groups in total. The van der Waals surface area contributed by atoms with E-state index in [1.54, 1.807) is 18.2 Å². The van der Waals surface area contributed by atoms with Crippen molar-refractivity contribution < 1.29 is 13.7 Å². The number of fused-ring (bicyclic) bond motifs is 1. The van der Waals surface area contributed by atoms with E-state index in [1.807, 2.05) is 6.92 Å². The van der Waals surface area contributed by atoms with Gasteiger partial charge in [-0.25, -0.2) is 9.37 Å². The van der Waals surface area contributed by atoms with Crippen molar-refractivity contribution in [3.8, 4) is 0 Å². The van der Waals surface area contributed by atoms with Gasteiger partial charge >= 0.3 is 0 Å². The van der Waals surface area contributed by atoms with Crippen LogP contribution in [0.2, 0.25) is 0 Å². The second-order valence-electron chi connectivity index (χ2n) is 6.56. The van der Waals surface area contributed by atoms with Crippen LogP contribution in [-0.2, 0) is 6.54 Å². The minimum Gasteiger partial charge on any atom is -0.348 e. The number of nitrogens with one attached hydrogen (secondary N) is 2. The van der Waals surface area contributed by atoms with Gasteiger partial charge in [-0.2, -0.15) is 0 Å². The molecule has 1 atom stereocenters. The van der Waals surface area contributed by atoms with Crippen molar-refractivity contribution in [1.82, 2.24) is 20.8 Å². The van der Waals surface area contributed by atoms with Crippen LogP contribution >= 0.6 is 0 Å². The number of aromatic nitrogens is 2. The zero-order chi connectivity index (χ0) is 18.1. The molecule has 0 saturated carbocycles. The number of hydrogen-bond donors (Lipinski definition) is 2. The molecule has 1 aromatic carbocycles. The Morgan fingerprint density at radius 2 is 2.19 bits per heavy atom. The van der Waals surface area contributed by atoms with Gasteiger partial charge in [0.1, 0.15) is 5.82 Å². The summed E-state index contributed by atoms with van der Waals surface area (Å²) in [5.41, 5.74) is 3.20. The van der Waals surface area contributed by atoms with Crippen LogP contribution < -0.4 is 10.6 Å². The molecule has 4 rings (SSSR count). The van der Waals surface area contributed by atoms with E-state index >= 15 is 0 Å². The van der Waals surface area contributed by atoms with Crippen LogP contribution in [0.25, 0.3) is 11.1 Å². The Hall–Kier alpha value is -2.80. The molecule has 2 aromatic heterocycles. The lowest BCUT2D eigenvalue weighted by Crippen LogP contribution is -2.23. The van der Waals surface area contributed by atoms with Gasteiger partial charge in [-0.3, -0.25) is 4.79 Å². The summed E-state index contributed by atoms with van der Waals surface area (Å²) in [6.45, 7) is 3.86. The predicted molar refractivity (Wildman–Crippen MR) is 94.3 cm³/mol. The number of benzene rings is 1. The Morgan fingerprint density at radius 3 is 2.92 bits per heavy atom. The molecule has 26 heavy (non-hydrogen) atoms. The fourth-order valence-electron chi connectivity index (χ4n) is 3.32. The Kier molecular flexibility index (Phi) is 4.38. The molecule has 0 bridgehead atoms. The molecule has 7 heteroatoms. The lowest BCUT2D eigenvalue weighted by molar-refractivity contribution is 0.0952. The number of halogens is 1. The average molecular weight is 354 g/mol. The number of rotatable bonds is 4. The van der Waals surface area contributed by atoms with E-state index in [9.17, 15) is 9.18 Å². The number of pyridine rings is 1. The highest BCUT2D eigenvalue weighted by atomic mass is 19.1. The molecule has 1 unspecified atom stereocenters. The summed E-state index contributed by atoms with van der Waals surface area (Å²) in [6.07, 6.45) is 0.951. The van der Waals surface area contributed by atoms with Crippen LogP contribution in [0.3, 0.4) is 0 Å². The summed E-state index contributed by atoms with van der Waals surface area (Å²) in [7, 11) is 0. The molecule has 0 radical (unpaired) electrons. The van der Waals surface area contributed by atoms with Gasteiger partial charge in [0.05, 0.1) is 16.6 Å². The molecular formula is C19H19FN4O2. The fourth-order valence-corrected chi connectivity index (χ4v) is 3.32. The standard InChI is InChI=1S/C19H19FN4O2/c1-11-8-15(18(25)22-9-12-2-4-14(20)5-3-12)16-17(13-6-7-21-10-13)24-26-19(16)23-11/h2-5,8,13,21H,6-7,9-10H2,1H3,(H,22,25). The van der Waals surface area contributed by atoms with E-state index in [0.717, 1.165) is 30.8 Å². The molecule has 1 fully saturated rings. The first-order chi connectivity index (χ1) is 12.6. The van der Waals surface area contributed by atoms with Crippen molar-refractivity contribution in [2.75, 3.05) is 13.1 Å². The van der Waals surface area contributed by atoms with Crippen LogP contribution in [0.15, 0.2) is 34.9 Å². The van der Waals surface area contributed by atoms with Crippen molar-refractivity contribution in [2.45, 2.75) is 25.8 Å². The highest BCUT2D eigenvalue weighted by molar-refractivity contribution is 6.06. The number of carbonyl (C=O) groups excluding carboxylic acids is 1. The van der Waals surface area contributed by atoms with Gasteiger partial charge < -0.3 is 15.2 Å². The third-order valence-corrected chi connectivity index (χ3v) is 4.66. The van der Waals surface area contributed by atoms with Crippen LogP contribution in [0, 0.1) is 12.7 Å². The number of nitrogens with zero attached hydrogens (tertiary/aromatic N) is 2. The van der Waals surface area contributed by atoms with E-state index in [0.29, 0.717) is 28.9 Å². The quantitative estimate of drug-likeness (QED) is 0.753. The van der Waals surface area contributed by atoms with Crippen molar-refractivity contribution in [2.24, 2.45) is 0 Å². The van der Waals surface area contributed by atoms with Gasteiger partial charge in [0, 0.05) is 24.7 Å². The molecule has 0 spiro atoms. The second-order valence-corrected chi connectivity index (χ2v) is 6.56. The summed E-state index contributed by atoms with van der Waals surface area (Å²) in [6, 6.07) is 7.81. The zero-order valence-electron chi connectivity index (χ0n) is 14.4. The Morgan fingerprint density at radius 1 is 1.38 bits per heavy atom. The summed E-state index contributed by atoms with van der Waals surface area (Å²) in [5.74, 6) is -0.310. The monoisotopic (exact) mass is 354 g/mol. The average Bonchev–Trinajstić information content (AvgIpc) is 3.29. The summed E-state index contributed by atoms with van der Waals surface area (Å²) >= 11 is 0. The van der Waals surface area contributed by atoms with Crippen molar-refractivity contribution in [1.29, 1.82) is 0 Å². The third-order valence-electron chi connectivity index (χ3n) is 4.66. The lowest BCUT2D eigenvalue weighted by atomic mass is 9.99. The second kappa shape index (κ2) is 6.84. The molecule has 3 aromatic rings. The van der Waals surface area contributed by atoms with Gasteiger partial charge in [0.25, 0.3) is 11.6 Å². The van der Waals surface area contributed by atoms with E-state index in [4.69, 9.17) is 4.52 Å². The van der Waals surface area contributed by atoms with E-state index in [1.165, 1.54) is 12.1 Å². The number of hydrogen-bond acceptors (Lipinski definition) is 5. The molecule has 0 aliphatic carbocycles. The molecule has 1 saturated heterocycles. The number of carbonyl (C=O) groups is 1. The van der Waals surface area contributed by atoms with Gasteiger partial charge in [-0.15, -0.1) is 0 Å². The fraction of sp³-hybridized carbons (Fsp3) is 0.316. The Bertz CT molecular complexity index is 946. The molecule has 6 nitrogen and oxygen atoms in total. The van der Waals surface area contributed by atoms with Crippen molar-refractivity contribution in [3.63, 3.8) is 0 Å².